The third kappa shape index (κ3) is 3.73. The molecule has 1 unspecified atom stereocenters. The summed E-state index contributed by atoms with van der Waals surface area (Å²) in [6, 6.07) is 3.72. The molecule has 2 aromatic rings. The van der Waals surface area contributed by atoms with E-state index in [9.17, 15) is 4.79 Å². The number of ether oxygens (including phenoxy) is 1. The van der Waals surface area contributed by atoms with Gasteiger partial charge in [-0.25, -0.2) is 4.98 Å². The Morgan fingerprint density at radius 2 is 2.38 bits per heavy atom. The largest absolute Gasteiger partial charge is 0.475 e. The van der Waals surface area contributed by atoms with Crippen molar-refractivity contribution in [2.45, 2.75) is 45.9 Å². The zero-order valence-electron chi connectivity index (χ0n) is 14.1. The number of carbonyl (C=O) groups excluding carboxylic acids is 1. The van der Waals surface area contributed by atoms with E-state index in [4.69, 9.17) is 4.74 Å². The maximum atomic E-state index is 12.4. The Labute approximate surface area is 141 Å². The smallest absolute Gasteiger partial charge is 0.272 e. The molecule has 0 saturated carbocycles. The molecule has 0 spiro atoms. The number of hydrogen-bond acceptors (Lipinski definition) is 5. The quantitative estimate of drug-likeness (QED) is 0.748. The number of rotatable bonds is 6. The van der Waals surface area contributed by atoms with Crippen LogP contribution in [0.15, 0.2) is 18.3 Å². The standard InChI is InChI=1S/C17H23N5O2/c1-3-11(2)24-15-8-12(4-7-19-15)9-20-17(23)16-13-10-18-6-5-14(13)21-22-16/h4,7-8,11,18H,3,5-6,9-10H2,1-2H3,(H,20,23)(H,21,22). The lowest BCUT2D eigenvalue weighted by atomic mass is 10.1. The van der Waals surface area contributed by atoms with E-state index in [1.54, 1.807) is 6.20 Å². The highest BCUT2D eigenvalue weighted by Crippen LogP contribution is 2.16. The molecular weight excluding hydrogens is 306 g/mol. The van der Waals surface area contributed by atoms with Crippen LogP contribution in [0.5, 0.6) is 5.88 Å². The van der Waals surface area contributed by atoms with Crippen LogP contribution in [0.25, 0.3) is 0 Å². The fourth-order valence-corrected chi connectivity index (χ4v) is 2.59. The normalized spacial score (nSPS) is 14.8. The first kappa shape index (κ1) is 16.4. The SMILES string of the molecule is CCC(C)Oc1cc(CNC(=O)c2n[nH]c3c2CNCC3)ccn1. The van der Waals surface area contributed by atoms with Crippen molar-refractivity contribution >= 4 is 5.91 Å². The van der Waals surface area contributed by atoms with Crippen LogP contribution in [0.2, 0.25) is 0 Å². The molecule has 1 atom stereocenters. The van der Waals surface area contributed by atoms with Crippen LogP contribution >= 0.6 is 0 Å². The summed E-state index contributed by atoms with van der Waals surface area (Å²) < 4.78 is 5.71. The van der Waals surface area contributed by atoms with Gasteiger partial charge in [-0.2, -0.15) is 5.10 Å². The number of H-pyrrole nitrogens is 1. The molecular formula is C17H23N5O2. The van der Waals surface area contributed by atoms with Gasteiger partial charge in [0.05, 0.1) is 6.10 Å². The monoisotopic (exact) mass is 329 g/mol. The van der Waals surface area contributed by atoms with Crippen molar-refractivity contribution in [2.24, 2.45) is 0 Å². The lowest BCUT2D eigenvalue weighted by molar-refractivity contribution is 0.0944. The Kier molecular flexibility index (Phi) is 5.10. The van der Waals surface area contributed by atoms with E-state index >= 15 is 0 Å². The molecule has 7 heteroatoms. The van der Waals surface area contributed by atoms with Crippen LogP contribution < -0.4 is 15.4 Å². The van der Waals surface area contributed by atoms with Crippen LogP contribution in [-0.2, 0) is 19.5 Å². The van der Waals surface area contributed by atoms with Gasteiger partial charge in [-0.15, -0.1) is 0 Å². The molecule has 0 aromatic carbocycles. The van der Waals surface area contributed by atoms with Crippen LogP contribution in [0.4, 0.5) is 0 Å². The molecule has 0 radical (unpaired) electrons. The van der Waals surface area contributed by atoms with Crippen LogP contribution in [0, 0.1) is 0 Å². The lowest BCUT2D eigenvalue weighted by Gasteiger charge is -2.13. The van der Waals surface area contributed by atoms with Crippen molar-refractivity contribution in [3.05, 3.63) is 40.8 Å². The maximum absolute atomic E-state index is 12.4. The Bertz CT molecular complexity index is 713. The third-order valence-electron chi connectivity index (χ3n) is 4.17. The summed E-state index contributed by atoms with van der Waals surface area (Å²) in [6.45, 7) is 6.06. The van der Waals surface area contributed by atoms with Gasteiger partial charge in [-0.3, -0.25) is 9.89 Å². The van der Waals surface area contributed by atoms with Crippen molar-refractivity contribution in [1.29, 1.82) is 0 Å². The fourth-order valence-electron chi connectivity index (χ4n) is 2.59. The van der Waals surface area contributed by atoms with Crippen LogP contribution in [-0.4, -0.2) is 33.7 Å². The number of carbonyl (C=O) groups is 1. The fraction of sp³-hybridized carbons (Fsp3) is 0.471. The molecule has 3 rings (SSSR count). The zero-order chi connectivity index (χ0) is 16.9. The minimum atomic E-state index is -0.169. The van der Waals surface area contributed by atoms with Crippen molar-refractivity contribution < 1.29 is 9.53 Å². The van der Waals surface area contributed by atoms with E-state index in [2.05, 4.69) is 32.7 Å². The van der Waals surface area contributed by atoms with Gasteiger partial charge in [-0.1, -0.05) is 6.92 Å². The number of pyridine rings is 1. The lowest BCUT2D eigenvalue weighted by Crippen LogP contribution is -2.28. The van der Waals surface area contributed by atoms with Gasteiger partial charge in [0.25, 0.3) is 5.91 Å². The molecule has 2 aromatic heterocycles. The van der Waals surface area contributed by atoms with Gasteiger partial charge in [0.15, 0.2) is 5.69 Å². The average molecular weight is 329 g/mol. The van der Waals surface area contributed by atoms with Crippen molar-refractivity contribution in [3.8, 4) is 5.88 Å². The summed E-state index contributed by atoms with van der Waals surface area (Å²) in [7, 11) is 0. The predicted octanol–water partition coefficient (Wildman–Crippen LogP) is 1.56. The minimum Gasteiger partial charge on any atom is -0.475 e. The van der Waals surface area contributed by atoms with Crippen molar-refractivity contribution in [1.82, 2.24) is 25.8 Å². The molecule has 0 aliphatic carbocycles. The summed E-state index contributed by atoms with van der Waals surface area (Å²) in [5.41, 5.74) is 3.43. The molecule has 0 fully saturated rings. The minimum absolute atomic E-state index is 0.116. The van der Waals surface area contributed by atoms with Gasteiger partial charge in [0.1, 0.15) is 0 Å². The molecule has 1 aliphatic heterocycles. The molecule has 24 heavy (non-hydrogen) atoms. The van der Waals surface area contributed by atoms with E-state index in [-0.39, 0.29) is 12.0 Å². The average Bonchev–Trinajstić information content (AvgIpc) is 3.04. The molecule has 1 amide bonds. The highest BCUT2D eigenvalue weighted by atomic mass is 16.5. The predicted molar refractivity (Wildman–Crippen MR) is 89.8 cm³/mol. The number of nitrogens with zero attached hydrogens (tertiary/aromatic N) is 2. The number of fused-ring (bicyclic) bond motifs is 1. The first-order chi connectivity index (χ1) is 11.7. The third-order valence-corrected chi connectivity index (χ3v) is 4.17. The van der Waals surface area contributed by atoms with E-state index in [0.29, 0.717) is 24.7 Å². The van der Waals surface area contributed by atoms with Crippen LogP contribution in [0.3, 0.4) is 0 Å². The van der Waals surface area contributed by atoms with E-state index in [1.807, 2.05) is 19.1 Å². The summed E-state index contributed by atoms with van der Waals surface area (Å²) in [6.07, 6.45) is 3.60. The van der Waals surface area contributed by atoms with E-state index in [0.717, 1.165) is 36.2 Å². The zero-order valence-corrected chi connectivity index (χ0v) is 14.1. The topological polar surface area (TPSA) is 91.9 Å². The highest BCUT2D eigenvalue weighted by molar-refractivity contribution is 5.94. The number of nitrogens with one attached hydrogen (secondary N) is 3. The van der Waals surface area contributed by atoms with E-state index in [1.165, 1.54) is 0 Å². The van der Waals surface area contributed by atoms with Gasteiger partial charge in [-0.05, 0) is 25.0 Å². The second-order valence-corrected chi connectivity index (χ2v) is 5.98. The molecule has 0 saturated heterocycles. The second-order valence-electron chi connectivity index (χ2n) is 5.98. The van der Waals surface area contributed by atoms with Crippen molar-refractivity contribution in [2.75, 3.05) is 6.54 Å². The maximum Gasteiger partial charge on any atom is 0.272 e. The summed E-state index contributed by atoms with van der Waals surface area (Å²) in [5, 5.41) is 13.3. The number of amides is 1. The molecule has 3 heterocycles. The van der Waals surface area contributed by atoms with Gasteiger partial charge in [0, 0.05) is 49.6 Å². The molecule has 3 N–H and O–H groups in total. The first-order valence-corrected chi connectivity index (χ1v) is 8.34. The van der Waals surface area contributed by atoms with Crippen molar-refractivity contribution in [3.63, 3.8) is 0 Å². The number of aromatic nitrogens is 3. The molecule has 0 bridgehead atoms. The first-order valence-electron chi connectivity index (χ1n) is 8.34. The Hall–Kier alpha value is -2.41. The highest BCUT2D eigenvalue weighted by Gasteiger charge is 2.21. The number of aromatic amines is 1. The molecule has 7 nitrogen and oxygen atoms in total. The summed E-state index contributed by atoms with van der Waals surface area (Å²) in [4.78, 5) is 16.6. The summed E-state index contributed by atoms with van der Waals surface area (Å²) in [5.74, 6) is 0.412. The van der Waals surface area contributed by atoms with Gasteiger partial charge < -0.3 is 15.4 Å². The summed E-state index contributed by atoms with van der Waals surface area (Å²) >= 11 is 0. The number of hydrogen-bond donors (Lipinski definition) is 3. The van der Waals surface area contributed by atoms with E-state index < -0.39 is 0 Å². The van der Waals surface area contributed by atoms with Gasteiger partial charge in [0.2, 0.25) is 5.88 Å². The Balaban J connectivity index is 1.62. The van der Waals surface area contributed by atoms with Gasteiger partial charge >= 0.3 is 0 Å². The molecule has 1 aliphatic rings. The Morgan fingerprint density at radius 1 is 1.50 bits per heavy atom. The second kappa shape index (κ2) is 7.44. The van der Waals surface area contributed by atoms with Crippen LogP contribution in [0.1, 0.15) is 47.6 Å². The Morgan fingerprint density at radius 3 is 3.21 bits per heavy atom. The molecule has 128 valence electrons.